The molecule has 0 aliphatic heterocycles. The Morgan fingerprint density at radius 3 is 2.39 bits per heavy atom. The SMILES string of the molecule is COc1ccc(C(=NCC(C)(C)C)NC#N)cc1. The molecule has 4 nitrogen and oxygen atoms in total. The number of methoxy groups -OCH3 is 1. The van der Waals surface area contributed by atoms with Crippen molar-refractivity contribution < 1.29 is 4.74 Å². The average Bonchev–Trinajstić information content (AvgIpc) is 2.33. The van der Waals surface area contributed by atoms with Crippen molar-refractivity contribution in [1.29, 1.82) is 5.26 Å². The van der Waals surface area contributed by atoms with E-state index in [-0.39, 0.29) is 5.41 Å². The van der Waals surface area contributed by atoms with Crippen molar-refractivity contribution in [1.82, 2.24) is 5.32 Å². The molecule has 0 unspecified atom stereocenters. The van der Waals surface area contributed by atoms with Crippen LogP contribution in [-0.4, -0.2) is 19.5 Å². The first kappa shape index (κ1) is 14.0. The first-order valence-electron chi connectivity index (χ1n) is 5.80. The monoisotopic (exact) mass is 245 g/mol. The second-order valence-electron chi connectivity index (χ2n) is 5.19. The van der Waals surface area contributed by atoms with E-state index in [1.165, 1.54) is 0 Å². The average molecular weight is 245 g/mol. The molecule has 0 radical (unpaired) electrons. The van der Waals surface area contributed by atoms with E-state index in [1.807, 2.05) is 30.5 Å². The molecule has 0 heterocycles. The molecule has 1 aromatic rings. The minimum Gasteiger partial charge on any atom is -0.497 e. The highest BCUT2D eigenvalue weighted by molar-refractivity contribution is 5.99. The number of ether oxygens (including phenoxy) is 1. The summed E-state index contributed by atoms with van der Waals surface area (Å²) in [5.74, 6) is 1.38. The lowest BCUT2D eigenvalue weighted by atomic mass is 9.97. The molecule has 96 valence electrons. The van der Waals surface area contributed by atoms with E-state index in [9.17, 15) is 0 Å². The van der Waals surface area contributed by atoms with Crippen LogP contribution in [-0.2, 0) is 0 Å². The van der Waals surface area contributed by atoms with Crippen LogP contribution in [0, 0.1) is 16.9 Å². The second kappa shape index (κ2) is 6.06. The Hall–Kier alpha value is -2.02. The number of nitrogens with one attached hydrogen (secondary N) is 1. The third kappa shape index (κ3) is 4.46. The maximum atomic E-state index is 8.76. The third-order valence-electron chi connectivity index (χ3n) is 2.25. The van der Waals surface area contributed by atoms with Gasteiger partial charge in [-0.05, 0) is 29.7 Å². The summed E-state index contributed by atoms with van der Waals surface area (Å²) >= 11 is 0. The molecule has 0 bridgehead atoms. The van der Waals surface area contributed by atoms with Gasteiger partial charge in [0.25, 0.3) is 0 Å². The lowest BCUT2D eigenvalue weighted by Gasteiger charge is -2.15. The van der Waals surface area contributed by atoms with Gasteiger partial charge < -0.3 is 4.74 Å². The van der Waals surface area contributed by atoms with E-state index in [4.69, 9.17) is 10.00 Å². The summed E-state index contributed by atoms with van der Waals surface area (Å²) in [5, 5.41) is 11.4. The third-order valence-corrected chi connectivity index (χ3v) is 2.25. The summed E-state index contributed by atoms with van der Waals surface area (Å²) in [6.45, 7) is 6.97. The van der Waals surface area contributed by atoms with Gasteiger partial charge >= 0.3 is 0 Å². The van der Waals surface area contributed by atoms with Gasteiger partial charge in [0.05, 0.1) is 7.11 Å². The Bertz CT molecular complexity index is 449. The lowest BCUT2D eigenvalue weighted by Crippen LogP contribution is -2.22. The molecule has 0 spiro atoms. The zero-order chi connectivity index (χ0) is 13.6. The minimum atomic E-state index is 0.0921. The van der Waals surface area contributed by atoms with E-state index < -0.39 is 0 Å². The molecule has 0 fully saturated rings. The fourth-order valence-electron chi connectivity index (χ4n) is 1.32. The summed E-state index contributed by atoms with van der Waals surface area (Å²) < 4.78 is 5.10. The van der Waals surface area contributed by atoms with Crippen LogP contribution < -0.4 is 10.1 Å². The van der Waals surface area contributed by atoms with Crippen LogP contribution in [0.4, 0.5) is 0 Å². The molecule has 0 amide bonds. The summed E-state index contributed by atoms with van der Waals surface area (Å²) in [4.78, 5) is 4.45. The number of nitriles is 1. The zero-order valence-corrected chi connectivity index (χ0v) is 11.3. The van der Waals surface area contributed by atoms with E-state index in [1.54, 1.807) is 7.11 Å². The van der Waals surface area contributed by atoms with Crippen molar-refractivity contribution in [3.05, 3.63) is 29.8 Å². The van der Waals surface area contributed by atoms with Crippen LogP contribution in [0.1, 0.15) is 26.3 Å². The van der Waals surface area contributed by atoms with E-state index >= 15 is 0 Å². The first-order valence-corrected chi connectivity index (χ1v) is 5.80. The van der Waals surface area contributed by atoms with Gasteiger partial charge in [0.1, 0.15) is 11.6 Å². The van der Waals surface area contributed by atoms with Gasteiger partial charge in [0.2, 0.25) is 0 Å². The second-order valence-corrected chi connectivity index (χ2v) is 5.19. The fraction of sp³-hybridized carbons (Fsp3) is 0.429. The Balaban J connectivity index is 2.93. The van der Waals surface area contributed by atoms with Crippen molar-refractivity contribution in [2.75, 3.05) is 13.7 Å². The lowest BCUT2D eigenvalue weighted by molar-refractivity contribution is 0.414. The Morgan fingerprint density at radius 2 is 1.94 bits per heavy atom. The summed E-state index contributed by atoms with van der Waals surface area (Å²) in [7, 11) is 1.62. The van der Waals surface area contributed by atoms with Crippen molar-refractivity contribution in [3.63, 3.8) is 0 Å². The first-order chi connectivity index (χ1) is 8.46. The smallest absolute Gasteiger partial charge is 0.182 e. The molecule has 0 aliphatic carbocycles. The van der Waals surface area contributed by atoms with Gasteiger partial charge in [-0.3, -0.25) is 10.3 Å². The summed E-state index contributed by atoms with van der Waals surface area (Å²) in [5.41, 5.74) is 0.969. The molecule has 0 aliphatic rings. The minimum absolute atomic E-state index is 0.0921. The van der Waals surface area contributed by atoms with Crippen molar-refractivity contribution >= 4 is 5.84 Å². The highest BCUT2D eigenvalue weighted by Gasteiger charge is 2.10. The van der Waals surface area contributed by atoms with E-state index in [2.05, 4.69) is 31.1 Å². The van der Waals surface area contributed by atoms with Crippen molar-refractivity contribution in [2.24, 2.45) is 10.4 Å². The van der Waals surface area contributed by atoms with Gasteiger partial charge in [0, 0.05) is 12.1 Å². The Morgan fingerprint density at radius 1 is 1.33 bits per heavy atom. The van der Waals surface area contributed by atoms with E-state index in [0.717, 1.165) is 11.3 Å². The van der Waals surface area contributed by atoms with Crippen LogP contribution in [0.15, 0.2) is 29.3 Å². The molecule has 1 N–H and O–H groups in total. The Labute approximate surface area is 108 Å². The van der Waals surface area contributed by atoms with Crippen LogP contribution >= 0.6 is 0 Å². The predicted octanol–water partition coefficient (Wildman–Crippen LogP) is 2.56. The normalized spacial score (nSPS) is 11.8. The molecule has 4 heteroatoms. The standard InChI is InChI=1S/C14H19N3O/c1-14(2,3)9-16-13(17-10-15)11-5-7-12(18-4)8-6-11/h5-8H,9H2,1-4H3,(H,16,17). The summed E-state index contributed by atoms with van der Waals surface area (Å²) in [6.07, 6.45) is 1.92. The number of aliphatic imine (C=N–C) groups is 1. The quantitative estimate of drug-likeness (QED) is 0.385. The van der Waals surface area contributed by atoms with Crippen LogP contribution in [0.3, 0.4) is 0 Å². The van der Waals surface area contributed by atoms with Crippen LogP contribution in [0.25, 0.3) is 0 Å². The van der Waals surface area contributed by atoms with Crippen LogP contribution in [0.5, 0.6) is 5.75 Å². The van der Waals surface area contributed by atoms with Crippen LogP contribution in [0.2, 0.25) is 0 Å². The van der Waals surface area contributed by atoms with Crippen molar-refractivity contribution in [2.45, 2.75) is 20.8 Å². The largest absolute Gasteiger partial charge is 0.497 e. The molecule has 0 saturated carbocycles. The Kier molecular flexibility index (Phi) is 4.73. The molecular weight excluding hydrogens is 226 g/mol. The molecule has 0 saturated heterocycles. The van der Waals surface area contributed by atoms with Crippen molar-refractivity contribution in [3.8, 4) is 11.9 Å². The van der Waals surface area contributed by atoms with Gasteiger partial charge in [-0.25, -0.2) is 0 Å². The maximum absolute atomic E-state index is 8.76. The molecule has 1 aromatic carbocycles. The highest BCUT2D eigenvalue weighted by Crippen LogP contribution is 2.15. The molecule has 1 rings (SSSR count). The molecule has 18 heavy (non-hydrogen) atoms. The highest BCUT2D eigenvalue weighted by atomic mass is 16.5. The van der Waals surface area contributed by atoms with Gasteiger partial charge in [0.15, 0.2) is 6.19 Å². The maximum Gasteiger partial charge on any atom is 0.182 e. The predicted molar refractivity (Wildman–Crippen MR) is 72.6 cm³/mol. The molecular formula is C14H19N3O. The molecule has 0 aromatic heterocycles. The van der Waals surface area contributed by atoms with Gasteiger partial charge in [-0.15, -0.1) is 0 Å². The number of nitrogens with zero attached hydrogens (tertiary/aromatic N) is 2. The fourth-order valence-corrected chi connectivity index (χ4v) is 1.32. The number of amidine groups is 1. The number of hydrogen-bond donors (Lipinski definition) is 1. The topological polar surface area (TPSA) is 57.4 Å². The molecule has 0 atom stereocenters. The number of rotatable bonds is 3. The van der Waals surface area contributed by atoms with Gasteiger partial charge in [-0.2, -0.15) is 5.26 Å². The number of hydrogen-bond acceptors (Lipinski definition) is 3. The number of benzene rings is 1. The van der Waals surface area contributed by atoms with Gasteiger partial charge in [-0.1, -0.05) is 20.8 Å². The van der Waals surface area contributed by atoms with E-state index in [0.29, 0.717) is 12.4 Å². The summed E-state index contributed by atoms with van der Waals surface area (Å²) in [6, 6.07) is 7.46. The zero-order valence-electron chi connectivity index (χ0n) is 11.3.